The minimum absolute atomic E-state index is 0.352. The van der Waals surface area contributed by atoms with E-state index in [9.17, 15) is 4.79 Å². The van der Waals surface area contributed by atoms with Crippen LogP contribution < -0.4 is 10.7 Å². The number of amides is 2. The molecule has 0 radical (unpaired) electrons. The fourth-order valence-electron chi connectivity index (χ4n) is 2.39. The zero-order valence-corrected chi connectivity index (χ0v) is 13.7. The largest absolute Gasteiger partial charge is 0.364 e. The van der Waals surface area contributed by atoms with Gasteiger partial charge in [0.1, 0.15) is 0 Å². The zero-order valence-electron chi connectivity index (χ0n) is 13.7. The van der Waals surface area contributed by atoms with Crippen LogP contribution in [0.2, 0.25) is 0 Å². The molecule has 0 fully saturated rings. The quantitative estimate of drug-likeness (QED) is 0.904. The van der Waals surface area contributed by atoms with Gasteiger partial charge >= 0.3 is 6.03 Å². The summed E-state index contributed by atoms with van der Waals surface area (Å²) >= 11 is 0. The molecule has 6 heteroatoms. The molecule has 1 heterocycles. The first kappa shape index (κ1) is 15.9. The number of benzene rings is 2. The van der Waals surface area contributed by atoms with E-state index < -0.39 is 5.72 Å². The number of oxime groups is 1. The van der Waals surface area contributed by atoms with Crippen molar-refractivity contribution in [2.45, 2.75) is 26.0 Å². The Morgan fingerprint density at radius 2 is 1.75 bits per heavy atom. The van der Waals surface area contributed by atoms with Crippen LogP contribution in [0.3, 0.4) is 0 Å². The van der Waals surface area contributed by atoms with Crippen molar-refractivity contribution in [3.63, 3.8) is 0 Å². The van der Waals surface area contributed by atoms with Gasteiger partial charge in [0, 0.05) is 17.7 Å². The first-order chi connectivity index (χ1) is 11.6. The number of nitrogens with one attached hydrogen (secondary N) is 2. The first-order valence-corrected chi connectivity index (χ1v) is 7.87. The molecule has 2 amide bonds. The lowest BCUT2D eigenvalue weighted by Gasteiger charge is -2.33. The van der Waals surface area contributed by atoms with E-state index in [2.05, 4.69) is 15.9 Å². The van der Waals surface area contributed by atoms with E-state index in [1.165, 1.54) is 0 Å². The maximum Gasteiger partial charge on any atom is 0.338 e. The highest BCUT2D eigenvalue weighted by Gasteiger charge is 2.42. The molecule has 0 aromatic heterocycles. The molecule has 2 N–H and O–H groups in total. The summed E-state index contributed by atoms with van der Waals surface area (Å²) in [5.41, 5.74) is 3.69. The molecule has 0 aliphatic carbocycles. The second-order valence-electron chi connectivity index (χ2n) is 5.67. The number of hydrogen-bond donors (Lipinski definition) is 2. The monoisotopic (exact) mass is 324 g/mol. The van der Waals surface area contributed by atoms with Crippen molar-refractivity contribution in [3.8, 4) is 0 Å². The maximum absolute atomic E-state index is 12.4. The van der Waals surface area contributed by atoms with Gasteiger partial charge in [0.15, 0.2) is 5.84 Å². The van der Waals surface area contributed by atoms with Crippen LogP contribution in [-0.4, -0.2) is 22.6 Å². The fourth-order valence-corrected chi connectivity index (χ4v) is 2.39. The minimum Gasteiger partial charge on any atom is -0.364 e. The Kier molecular flexibility index (Phi) is 4.37. The molecule has 1 aliphatic heterocycles. The second-order valence-corrected chi connectivity index (χ2v) is 5.67. The minimum atomic E-state index is -0.737. The van der Waals surface area contributed by atoms with Crippen LogP contribution in [-0.2, 0) is 4.84 Å². The van der Waals surface area contributed by atoms with Gasteiger partial charge in [-0.15, -0.1) is 0 Å². The number of para-hydroxylation sites is 1. The molecule has 124 valence electrons. The number of hydrogen-bond acceptors (Lipinski definition) is 4. The van der Waals surface area contributed by atoms with Gasteiger partial charge in [0.2, 0.25) is 5.72 Å². The van der Waals surface area contributed by atoms with Gasteiger partial charge in [-0.05, 0) is 19.1 Å². The van der Waals surface area contributed by atoms with Crippen molar-refractivity contribution in [2.24, 2.45) is 5.16 Å². The van der Waals surface area contributed by atoms with E-state index >= 15 is 0 Å². The Morgan fingerprint density at radius 1 is 1.12 bits per heavy atom. The van der Waals surface area contributed by atoms with Crippen molar-refractivity contribution >= 4 is 17.6 Å². The summed E-state index contributed by atoms with van der Waals surface area (Å²) in [6.45, 7) is 3.86. The zero-order chi connectivity index (χ0) is 17.0. The summed E-state index contributed by atoms with van der Waals surface area (Å²) in [4.78, 5) is 18.0. The van der Waals surface area contributed by atoms with Gasteiger partial charge < -0.3 is 10.2 Å². The number of carbonyl (C=O) groups is 1. The van der Waals surface area contributed by atoms with Crippen LogP contribution in [0.1, 0.15) is 25.8 Å². The summed E-state index contributed by atoms with van der Waals surface area (Å²) in [5.74, 6) is 0.572. The van der Waals surface area contributed by atoms with Crippen LogP contribution >= 0.6 is 0 Å². The molecule has 1 atom stereocenters. The predicted octanol–water partition coefficient (Wildman–Crippen LogP) is 3.54. The molecule has 24 heavy (non-hydrogen) atoms. The normalized spacial score (nSPS) is 19.4. The van der Waals surface area contributed by atoms with Gasteiger partial charge in [0.25, 0.3) is 0 Å². The van der Waals surface area contributed by atoms with Crippen LogP contribution in [0.4, 0.5) is 10.5 Å². The molecule has 6 nitrogen and oxygen atoms in total. The topological polar surface area (TPSA) is 66.0 Å². The smallest absolute Gasteiger partial charge is 0.338 e. The lowest BCUT2D eigenvalue weighted by Crippen LogP contribution is -2.56. The number of amidine groups is 1. The maximum atomic E-state index is 12.4. The van der Waals surface area contributed by atoms with E-state index in [0.717, 1.165) is 5.56 Å². The van der Waals surface area contributed by atoms with Gasteiger partial charge in [-0.2, -0.15) is 0 Å². The molecule has 0 saturated heterocycles. The number of hydrazine groups is 1. The average molecular weight is 324 g/mol. The van der Waals surface area contributed by atoms with Crippen molar-refractivity contribution in [1.29, 1.82) is 0 Å². The number of nitrogens with zero attached hydrogens (tertiary/aromatic N) is 2. The molecule has 0 spiro atoms. The molecule has 0 bridgehead atoms. The van der Waals surface area contributed by atoms with Crippen LogP contribution in [0, 0.1) is 0 Å². The number of urea groups is 1. The van der Waals surface area contributed by atoms with Crippen molar-refractivity contribution < 1.29 is 9.63 Å². The van der Waals surface area contributed by atoms with E-state index in [1.54, 1.807) is 5.01 Å². The average Bonchev–Trinajstić information content (AvgIpc) is 2.94. The fraction of sp³-hybridized carbons (Fsp3) is 0.222. The summed E-state index contributed by atoms with van der Waals surface area (Å²) in [7, 11) is 0. The van der Waals surface area contributed by atoms with E-state index in [1.807, 2.05) is 74.5 Å². The Hall–Kier alpha value is -3.02. The Balaban J connectivity index is 1.79. The summed E-state index contributed by atoms with van der Waals surface area (Å²) in [6.07, 6.45) is 0.651. The highest BCUT2D eigenvalue weighted by atomic mass is 16.7. The molecular weight excluding hydrogens is 304 g/mol. The summed E-state index contributed by atoms with van der Waals surface area (Å²) in [5, 5.41) is 8.64. The van der Waals surface area contributed by atoms with Crippen LogP contribution in [0.15, 0.2) is 65.8 Å². The van der Waals surface area contributed by atoms with Gasteiger partial charge in [-0.3, -0.25) is 0 Å². The van der Waals surface area contributed by atoms with Crippen molar-refractivity contribution in [1.82, 2.24) is 10.4 Å². The van der Waals surface area contributed by atoms with Crippen LogP contribution in [0.5, 0.6) is 0 Å². The SMILES string of the molecule is CCC1(C)ON=C(c2ccccc2)N1NC(=O)Nc1ccccc1. The van der Waals surface area contributed by atoms with E-state index in [0.29, 0.717) is 17.9 Å². The number of anilines is 1. The predicted molar refractivity (Wildman–Crippen MR) is 93.2 cm³/mol. The highest BCUT2D eigenvalue weighted by Crippen LogP contribution is 2.28. The van der Waals surface area contributed by atoms with E-state index in [4.69, 9.17) is 4.84 Å². The molecule has 3 rings (SSSR count). The molecule has 2 aromatic rings. The lowest BCUT2D eigenvalue weighted by molar-refractivity contribution is -0.0977. The summed E-state index contributed by atoms with van der Waals surface area (Å²) < 4.78 is 0. The Bertz CT molecular complexity index is 733. The molecule has 0 saturated carbocycles. The Labute approximate surface area is 141 Å². The summed E-state index contributed by atoms with van der Waals surface area (Å²) in [6, 6.07) is 18.5. The van der Waals surface area contributed by atoms with Crippen molar-refractivity contribution in [2.75, 3.05) is 5.32 Å². The third-order valence-corrected chi connectivity index (χ3v) is 3.95. The molecule has 1 aliphatic rings. The van der Waals surface area contributed by atoms with Gasteiger partial charge in [-0.1, -0.05) is 60.6 Å². The first-order valence-electron chi connectivity index (χ1n) is 7.87. The second kappa shape index (κ2) is 6.62. The van der Waals surface area contributed by atoms with Crippen molar-refractivity contribution in [3.05, 3.63) is 66.2 Å². The molecule has 2 aromatic carbocycles. The lowest BCUT2D eigenvalue weighted by atomic mass is 10.1. The Morgan fingerprint density at radius 3 is 2.38 bits per heavy atom. The molecular formula is C18H20N4O2. The van der Waals surface area contributed by atoms with E-state index in [-0.39, 0.29) is 6.03 Å². The number of rotatable bonds is 4. The standard InChI is InChI=1S/C18H20N4O2/c1-3-18(2)22(16(21-24-18)14-10-6-4-7-11-14)20-17(23)19-15-12-8-5-9-13-15/h4-13H,3H2,1-2H3,(H2,19,20,23). The highest BCUT2D eigenvalue weighted by molar-refractivity contribution is 6.01. The van der Waals surface area contributed by atoms with Gasteiger partial charge in [-0.25, -0.2) is 15.2 Å². The van der Waals surface area contributed by atoms with Crippen LogP contribution in [0.25, 0.3) is 0 Å². The third kappa shape index (κ3) is 3.17. The third-order valence-electron chi connectivity index (χ3n) is 3.95. The van der Waals surface area contributed by atoms with Gasteiger partial charge in [0.05, 0.1) is 0 Å². The number of carbonyl (C=O) groups excluding carboxylic acids is 1. The molecule has 1 unspecified atom stereocenters.